The number of benzene rings is 1. The Kier molecular flexibility index (Phi) is 20.7. The van der Waals surface area contributed by atoms with Crippen LogP contribution in [0.15, 0.2) is 28.7 Å². The fourth-order valence-electron chi connectivity index (χ4n) is 8.32. The molecule has 0 radical (unpaired) electrons. The Labute approximate surface area is 412 Å². The number of aromatic nitrogens is 2. The molecule has 1 aliphatic carbocycles. The highest BCUT2D eigenvalue weighted by Gasteiger charge is 2.31. The standard InChI is InChI=1S/C47H69N11O13/c1-30-24-31-11-12-47(2,3)32(31)25-35(30)71-40-10-9-34(70-40)43(67)52-41-44(68-4)53-46(54-45(41)69-5)51-15-7-14-50-42(66)33(48)8-6-13-49-36(59)26-55-16-18-56(27-37(60)61)20-22-58(29-39(64)65)23-21-57(19-17-55)28-38(62)63/h9-10,24-25,33H,6-8,11-23,26-29,48H2,1-5H3,(H,49,59)(H,50,66)(H,52,67)(H,60,61)(H,62,63)(H,64,65)(H,51,53,54)/t33-/m1/s1. The Morgan fingerprint density at radius 3 is 1.83 bits per heavy atom. The van der Waals surface area contributed by atoms with Crippen LogP contribution >= 0.6 is 0 Å². The van der Waals surface area contributed by atoms with E-state index in [4.69, 9.17) is 24.4 Å². The Morgan fingerprint density at radius 1 is 0.761 bits per heavy atom. The molecule has 1 aliphatic heterocycles. The molecule has 3 aromatic rings. The van der Waals surface area contributed by atoms with Crippen LogP contribution < -0.4 is 41.2 Å². The van der Waals surface area contributed by atoms with Crippen LogP contribution in [0.3, 0.4) is 0 Å². The van der Waals surface area contributed by atoms with Crippen molar-refractivity contribution in [1.29, 1.82) is 0 Å². The van der Waals surface area contributed by atoms with E-state index in [1.807, 2.05) is 17.9 Å². The van der Waals surface area contributed by atoms with Gasteiger partial charge in [0.15, 0.2) is 11.4 Å². The Bertz CT molecular complexity index is 2270. The van der Waals surface area contributed by atoms with Crippen molar-refractivity contribution in [2.75, 3.05) is 123 Å². The average molecular weight is 996 g/mol. The van der Waals surface area contributed by atoms with Gasteiger partial charge in [0, 0.05) is 78.1 Å². The number of nitrogens with one attached hydrogen (secondary N) is 4. The first kappa shape index (κ1) is 55.3. The number of hydrogen-bond donors (Lipinski definition) is 8. The van der Waals surface area contributed by atoms with Crippen LogP contribution in [0.4, 0.5) is 11.6 Å². The lowest BCUT2D eigenvalue weighted by Crippen LogP contribution is -2.49. The van der Waals surface area contributed by atoms with Crippen molar-refractivity contribution < 1.29 is 62.7 Å². The molecule has 2 aliphatic rings. The number of rotatable bonds is 24. The first-order valence-electron chi connectivity index (χ1n) is 23.7. The number of amides is 3. The van der Waals surface area contributed by atoms with E-state index >= 15 is 0 Å². The first-order chi connectivity index (χ1) is 33.8. The van der Waals surface area contributed by atoms with E-state index in [1.54, 1.807) is 20.8 Å². The number of furan rings is 1. The molecule has 0 unspecified atom stereocenters. The molecule has 3 amide bonds. The number of carbonyl (C=O) groups excluding carboxylic acids is 3. The summed E-state index contributed by atoms with van der Waals surface area (Å²) in [7, 11) is 2.77. The van der Waals surface area contributed by atoms with Crippen molar-refractivity contribution in [2.24, 2.45) is 5.73 Å². The van der Waals surface area contributed by atoms with E-state index < -0.39 is 29.9 Å². The lowest BCUT2D eigenvalue weighted by molar-refractivity contribution is -0.140. The summed E-state index contributed by atoms with van der Waals surface area (Å²) in [6.07, 6.45) is 3.25. The van der Waals surface area contributed by atoms with Gasteiger partial charge in [0.1, 0.15) is 5.75 Å². The quantitative estimate of drug-likeness (QED) is 0.0586. The van der Waals surface area contributed by atoms with Crippen molar-refractivity contribution in [3.8, 4) is 23.5 Å². The number of aryl methyl sites for hydroxylation is 2. The van der Waals surface area contributed by atoms with E-state index in [-0.39, 0.29) is 131 Å². The molecule has 71 heavy (non-hydrogen) atoms. The highest BCUT2D eigenvalue weighted by molar-refractivity contribution is 6.04. The molecule has 5 rings (SSSR count). The van der Waals surface area contributed by atoms with Crippen LogP contribution in [0, 0.1) is 6.92 Å². The molecule has 1 fully saturated rings. The van der Waals surface area contributed by atoms with E-state index in [9.17, 15) is 44.1 Å². The summed E-state index contributed by atoms with van der Waals surface area (Å²) in [4.78, 5) is 89.3. The van der Waals surface area contributed by atoms with Gasteiger partial charge in [0.2, 0.25) is 29.5 Å². The van der Waals surface area contributed by atoms with Gasteiger partial charge in [-0.25, -0.2) is 0 Å². The molecule has 0 bridgehead atoms. The Hall–Kier alpha value is -6.60. The maximum Gasteiger partial charge on any atom is 0.317 e. The normalized spacial score (nSPS) is 16.4. The second-order valence-corrected chi connectivity index (χ2v) is 18.2. The van der Waals surface area contributed by atoms with Gasteiger partial charge >= 0.3 is 17.9 Å². The number of carboxylic acids is 3. The van der Waals surface area contributed by atoms with E-state index in [1.165, 1.54) is 31.4 Å². The third kappa shape index (κ3) is 17.3. The van der Waals surface area contributed by atoms with Gasteiger partial charge in [-0.05, 0) is 73.3 Å². The number of hydrogen-bond acceptors (Lipinski definition) is 18. The Balaban J connectivity index is 1.02. The van der Waals surface area contributed by atoms with Gasteiger partial charge in [0.05, 0.1) is 46.4 Å². The van der Waals surface area contributed by atoms with Gasteiger partial charge < -0.3 is 60.9 Å². The van der Waals surface area contributed by atoms with E-state index in [2.05, 4.69) is 51.1 Å². The topological polar surface area (TPSA) is 317 Å². The predicted molar refractivity (Wildman–Crippen MR) is 259 cm³/mol. The van der Waals surface area contributed by atoms with E-state index in [0.29, 0.717) is 44.6 Å². The highest BCUT2D eigenvalue weighted by Crippen LogP contribution is 2.42. The summed E-state index contributed by atoms with van der Waals surface area (Å²) < 4.78 is 22.8. The summed E-state index contributed by atoms with van der Waals surface area (Å²) in [5, 5.41) is 39.7. The number of nitrogens with zero attached hydrogens (tertiary/aromatic N) is 6. The maximum absolute atomic E-state index is 13.3. The summed E-state index contributed by atoms with van der Waals surface area (Å²) in [6, 6.07) is 6.43. The maximum atomic E-state index is 13.3. The van der Waals surface area contributed by atoms with Gasteiger partial charge in [-0.15, -0.1) is 0 Å². The number of fused-ring (bicyclic) bond motifs is 1. The number of ether oxygens (including phenoxy) is 3. The van der Waals surface area contributed by atoms with Crippen LogP contribution in [0.1, 0.15) is 66.8 Å². The SMILES string of the molecule is COc1nc(NCCCNC(=O)[C@H](N)CCCNC(=O)CN2CCN(CC(=O)O)CCN(CC(=O)O)CCN(CC(=O)O)CC2)nc(OC)c1NC(=O)c1ccc(Oc2cc3c(cc2C)CCC3(C)C)o1. The monoisotopic (exact) mass is 996 g/mol. The summed E-state index contributed by atoms with van der Waals surface area (Å²) in [5.41, 5.74) is 9.79. The third-order valence-corrected chi connectivity index (χ3v) is 12.3. The van der Waals surface area contributed by atoms with Crippen molar-refractivity contribution in [3.05, 3.63) is 46.7 Å². The number of aliphatic carboxylic acids is 3. The van der Waals surface area contributed by atoms with Gasteiger partial charge in [0.25, 0.3) is 11.9 Å². The van der Waals surface area contributed by atoms with Gasteiger partial charge in [-0.3, -0.25) is 48.4 Å². The van der Waals surface area contributed by atoms with Gasteiger partial charge in [-0.2, -0.15) is 9.97 Å². The van der Waals surface area contributed by atoms with E-state index in [0.717, 1.165) is 18.4 Å². The predicted octanol–water partition coefficient (Wildman–Crippen LogP) is 1.28. The molecule has 2 aromatic heterocycles. The van der Waals surface area contributed by atoms with Crippen molar-refractivity contribution in [2.45, 2.75) is 64.3 Å². The highest BCUT2D eigenvalue weighted by atomic mass is 16.6. The molecule has 1 atom stereocenters. The number of carbonyl (C=O) groups is 6. The summed E-state index contributed by atoms with van der Waals surface area (Å²) in [5.74, 6) is -3.41. The first-order valence-corrected chi connectivity index (χ1v) is 23.7. The second-order valence-electron chi connectivity index (χ2n) is 18.2. The lowest BCUT2D eigenvalue weighted by Gasteiger charge is -2.32. The molecule has 390 valence electrons. The zero-order chi connectivity index (χ0) is 51.7. The number of carboxylic acid groups (broad SMARTS) is 3. The van der Waals surface area contributed by atoms with Gasteiger partial charge in [-0.1, -0.05) is 19.9 Å². The zero-order valence-corrected chi connectivity index (χ0v) is 41.2. The molecule has 1 aromatic carbocycles. The van der Waals surface area contributed by atoms with Crippen LogP contribution in [0.25, 0.3) is 0 Å². The van der Waals surface area contributed by atoms with Crippen molar-refractivity contribution >= 4 is 47.3 Å². The molecule has 9 N–H and O–H groups in total. The van der Waals surface area contributed by atoms with Crippen LogP contribution in [-0.4, -0.2) is 199 Å². The summed E-state index contributed by atoms with van der Waals surface area (Å²) >= 11 is 0. The minimum atomic E-state index is -1.04. The number of methoxy groups -OCH3 is 2. The molecular formula is C47H69N11O13. The Morgan fingerprint density at radius 2 is 1.30 bits per heavy atom. The third-order valence-electron chi connectivity index (χ3n) is 12.3. The fraction of sp³-hybridized carbons (Fsp3) is 0.574. The minimum absolute atomic E-state index is 0.0215. The molecule has 0 saturated carbocycles. The minimum Gasteiger partial charge on any atom is -0.480 e. The lowest BCUT2D eigenvalue weighted by atomic mass is 9.86. The molecule has 24 heteroatoms. The molecule has 0 spiro atoms. The second kappa shape index (κ2) is 26.6. The molecule has 24 nitrogen and oxygen atoms in total. The molecule has 3 heterocycles. The largest absolute Gasteiger partial charge is 0.480 e. The summed E-state index contributed by atoms with van der Waals surface area (Å²) in [6.45, 7) is 8.69. The molecular weight excluding hydrogens is 927 g/mol. The molecule has 1 saturated heterocycles. The average Bonchev–Trinajstić information content (AvgIpc) is 3.90. The number of anilines is 2. The van der Waals surface area contributed by atoms with Crippen LogP contribution in [-0.2, 0) is 35.8 Å². The van der Waals surface area contributed by atoms with Crippen molar-refractivity contribution in [3.63, 3.8) is 0 Å². The van der Waals surface area contributed by atoms with Crippen LogP contribution in [0.2, 0.25) is 0 Å². The van der Waals surface area contributed by atoms with Crippen molar-refractivity contribution in [1.82, 2.24) is 40.2 Å². The smallest absolute Gasteiger partial charge is 0.317 e. The zero-order valence-electron chi connectivity index (χ0n) is 41.2. The number of nitrogens with two attached hydrogens (primary N) is 1. The fourth-order valence-corrected chi connectivity index (χ4v) is 8.32. The van der Waals surface area contributed by atoms with Crippen LogP contribution in [0.5, 0.6) is 23.5 Å².